The maximum absolute atomic E-state index is 8.86. The van der Waals surface area contributed by atoms with Gasteiger partial charge in [-0.05, 0) is 24.1 Å². The van der Waals surface area contributed by atoms with Gasteiger partial charge in [-0.3, -0.25) is 0 Å². The molecule has 1 aromatic carbocycles. The summed E-state index contributed by atoms with van der Waals surface area (Å²) < 4.78 is 10.3. The van der Waals surface area contributed by atoms with Crippen LogP contribution in [0, 0.1) is 0 Å². The first-order valence-corrected chi connectivity index (χ1v) is 4.78. The van der Waals surface area contributed by atoms with E-state index in [-0.39, 0.29) is 12.6 Å². The zero-order chi connectivity index (χ0) is 11.3. The molecule has 84 valence electrons. The van der Waals surface area contributed by atoms with Crippen molar-refractivity contribution in [3.8, 4) is 11.5 Å². The number of methoxy groups -OCH3 is 2. The third-order valence-electron chi connectivity index (χ3n) is 2.14. The summed E-state index contributed by atoms with van der Waals surface area (Å²) in [6, 6.07) is 5.33. The van der Waals surface area contributed by atoms with Crippen LogP contribution in [0.25, 0.3) is 0 Å². The summed E-state index contributed by atoms with van der Waals surface area (Å²) >= 11 is 0. The van der Waals surface area contributed by atoms with E-state index in [1.807, 2.05) is 12.1 Å². The Morgan fingerprint density at radius 3 is 2.13 bits per heavy atom. The van der Waals surface area contributed by atoms with Crippen molar-refractivity contribution in [2.45, 2.75) is 12.5 Å². The molecule has 0 aromatic heterocycles. The molecule has 0 aliphatic carbocycles. The normalized spacial score (nSPS) is 12.3. The van der Waals surface area contributed by atoms with E-state index in [1.165, 1.54) is 0 Å². The highest BCUT2D eigenvalue weighted by Crippen LogP contribution is 2.22. The molecule has 0 aliphatic heterocycles. The lowest BCUT2D eigenvalue weighted by molar-refractivity contribution is 0.265. The maximum atomic E-state index is 8.86. The molecule has 0 radical (unpaired) electrons. The van der Waals surface area contributed by atoms with Crippen molar-refractivity contribution in [3.63, 3.8) is 0 Å². The molecule has 1 unspecified atom stereocenters. The quantitative estimate of drug-likeness (QED) is 0.747. The van der Waals surface area contributed by atoms with Crippen LogP contribution in [0.3, 0.4) is 0 Å². The molecule has 3 N–H and O–H groups in total. The fourth-order valence-electron chi connectivity index (χ4n) is 1.35. The van der Waals surface area contributed by atoms with Gasteiger partial charge in [-0.2, -0.15) is 0 Å². The Balaban J connectivity index is 2.86. The van der Waals surface area contributed by atoms with Gasteiger partial charge < -0.3 is 20.3 Å². The van der Waals surface area contributed by atoms with Crippen molar-refractivity contribution in [3.05, 3.63) is 23.8 Å². The van der Waals surface area contributed by atoms with Crippen molar-refractivity contribution >= 4 is 0 Å². The second kappa shape index (κ2) is 5.58. The fraction of sp³-hybridized carbons (Fsp3) is 0.455. The second-order valence-electron chi connectivity index (χ2n) is 3.37. The molecule has 0 aliphatic rings. The largest absolute Gasteiger partial charge is 0.497 e. The van der Waals surface area contributed by atoms with Crippen LogP contribution in [0.5, 0.6) is 11.5 Å². The highest BCUT2D eigenvalue weighted by atomic mass is 16.5. The third-order valence-corrected chi connectivity index (χ3v) is 2.14. The fourth-order valence-corrected chi connectivity index (χ4v) is 1.35. The molecule has 0 fully saturated rings. The lowest BCUT2D eigenvalue weighted by atomic mass is 10.1. The Morgan fingerprint density at radius 2 is 1.73 bits per heavy atom. The predicted octanol–water partition coefficient (Wildman–Crippen LogP) is 0.566. The average molecular weight is 211 g/mol. The van der Waals surface area contributed by atoms with Gasteiger partial charge in [0.15, 0.2) is 0 Å². The third kappa shape index (κ3) is 3.42. The van der Waals surface area contributed by atoms with Crippen molar-refractivity contribution < 1.29 is 14.6 Å². The standard InChI is InChI=1S/C11H17NO3/c1-14-10-4-8(3-9(12)7-13)5-11(6-10)15-2/h4-6,9,13H,3,7,12H2,1-2H3. The summed E-state index contributed by atoms with van der Waals surface area (Å²) in [5.74, 6) is 1.46. The molecule has 1 atom stereocenters. The topological polar surface area (TPSA) is 64.7 Å². The zero-order valence-electron chi connectivity index (χ0n) is 9.06. The van der Waals surface area contributed by atoms with Crippen LogP contribution < -0.4 is 15.2 Å². The second-order valence-corrected chi connectivity index (χ2v) is 3.37. The van der Waals surface area contributed by atoms with Gasteiger partial charge in [0, 0.05) is 12.1 Å². The van der Waals surface area contributed by atoms with E-state index in [2.05, 4.69) is 0 Å². The summed E-state index contributed by atoms with van der Waals surface area (Å²) in [7, 11) is 3.20. The van der Waals surface area contributed by atoms with Crippen LogP contribution in [0.15, 0.2) is 18.2 Å². The van der Waals surface area contributed by atoms with Gasteiger partial charge in [-0.15, -0.1) is 0 Å². The van der Waals surface area contributed by atoms with Crippen molar-refractivity contribution in [2.24, 2.45) is 5.73 Å². The molecule has 1 aromatic rings. The van der Waals surface area contributed by atoms with E-state index in [1.54, 1.807) is 20.3 Å². The minimum atomic E-state index is -0.248. The number of aliphatic hydroxyl groups excluding tert-OH is 1. The minimum Gasteiger partial charge on any atom is -0.497 e. The summed E-state index contributed by atoms with van der Waals surface area (Å²) in [5, 5.41) is 8.86. The first kappa shape index (κ1) is 11.8. The molecule has 0 saturated carbocycles. The van der Waals surface area contributed by atoms with Gasteiger partial charge in [-0.1, -0.05) is 0 Å². The number of hydrogen-bond donors (Lipinski definition) is 2. The molecule has 4 nitrogen and oxygen atoms in total. The number of aliphatic hydroxyl groups is 1. The lowest BCUT2D eigenvalue weighted by Crippen LogP contribution is -2.26. The van der Waals surface area contributed by atoms with E-state index >= 15 is 0 Å². The van der Waals surface area contributed by atoms with Crippen LogP contribution in [0.1, 0.15) is 5.56 Å². The van der Waals surface area contributed by atoms with Crippen molar-refractivity contribution in [1.82, 2.24) is 0 Å². The molecule has 0 heterocycles. The van der Waals surface area contributed by atoms with E-state index in [0.29, 0.717) is 6.42 Å². The zero-order valence-corrected chi connectivity index (χ0v) is 9.06. The monoisotopic (exact) mass is 211 g/mol. The Morgan fingerprint density at radius 1 is 1.20 bits per heavy atom. The van der Waals surface area contributed by atoms with Crippen LogP contribution in [-0.4, -0.2) is 32.0 Å². The maximum Gasteiger partial charge on any atom is 0.122 e. The van der Waals surface area contributed by atoms with E-state index < -0.39 is 0 Å². The van der Waals surface area contributed by atoms with Gasteiger partial charge in [0.2, 0.25) is 0 Å². The molecule has 4 heteroatoms. The summed E-state index contributed by atoms with van der Waals surface area (Å²) in [4.78, 5) is 0. The Kier molecular flexibility index (Phi) is 4.39. The van der Waals surface area contributed by atoms with Crippen LogP contribution in [-0.2, 0) is 6.42 Å². The Labute approximate surface area is 89.6 Å². The molecule has 0 spiro atoms. The van der Waals surface area contributed by atoms with Gasteiger partial charge in [0.25, 0.3) is 0 Å². The van der Waals surface area contributed by atoms with Crippen LogP contribution in [0.4, 0.5) is 0 Å². The number of rotatable bonds is 5. The van der Waals surface area contributed by atoms with Gasteiger partial charge >= 0.3 is 0 Å². The average Bonchev–Trinajstić information content (AvgIpc) is 2.28. The van der Waals surface area contributed by atoms with E-state index in [0.717, 1.165) is 17.1 Å². The van der Waals surface area contributed by atoms with Crippen molar-refractivity contribution in [2.75, 3.05) is 20.8 Å². The predicted molar refractivity (Wildman–Crippen MR) is 58.3 cm³/mol. The Bertz CT molecular complexity index is 292. The van der Waals surface area contributed by atoms with Crippen LogP contribution in [0.2, 0.25) is 0 Å². The van der Waals surface area contributed by atoms with Crippen LogP contribution >= 0.6 is 0 Å². The Hall–Kier alpha value is -1.26. The summed E-state index contributed by atoms with van der Waals surface area (Å²) in [6.45, 7) is -0.0282. The molecule has 0 amide bonds. The van der Waals surface area contributed by atoms with Crippen molar-refractivity contribution in [1.29, 1.82) is 0 Å². The first-order chi connectivity index (χ1) is 7.19. The number of benzene rings is 1. The highest BCUT2D eigenvalue weighted by molar-refractivity contribution is 5.38. The molecule has 1 rings (SSSR count). The minimum absolute atomic E-state index is 0.0282. The smallest absolute Gasteiger partial charge is 0.122 e. The number of ether oxygens (including phenoxy) is 2. The number of hydrogen-bond acceptors (Lipinski definition) is 4. The van der Waals surface area contributed by atoms with Gasteiger partial charge in [0.05, 0.1) is 20.8 Å². The summed E-state index contributed by atoms with van der Waals surface area (Å²) in [5.41, 5.74) is 6.65. The van der Waals surface area contributed by atoms with E-state index in [4.69, 9.17) is 20.3 Å². The molecule has 0 bridgehead atoms. The molecule has 0 saturated heterocycles. The van der Waals surface area contributed by atoms with E-state index in [9.17, 15) is 0 Å². The molecular weight excluding hydrogens is 194 g/mol. The number of nitrogens with two attached hydrogens (primary N) is 1. The molecular formula is C11H17NO3. The summed E-state index contributed by atoms with van der Waals surface area (Å²) in [6.07, 6.45) is 0.601. The molecule has 15 heavy (non-hydrogen) atoms. The van der Waals surface area contributed by atoms with Gasteiger partial charge in [-0.25, -0.2) is 0 Å². The van der Waals surface area contributed by atoms with Gasteiger partial charge in [0.1, 0.15) is 11.5 Å². The highest BCUT2D eigenvalue weighted by Gasteiger charge is 2.06. The SMILES string of the molecule is COc1cc(CC(N)CO)cc(OC)c1. The lowest BCUT2D eigenvalue weighted by Gasteiger charge is -2.11. The first-order valence-electron chi connectivity index (χ1n) is 4.78.